The lowest BCUT2D eigenvalue weighted by atomic mass is 10.2. The summed E-state index contributed by atoms with van der Waals surface area (Å²) in [6, 6.07) is 11.5. The fourth-order valence-corrected chi connectivity index (χ4v) is 2.92. The fraction of sp³-hybridized carbons (Fsp3) is 0.0714. The molecule has 0 bridgehead atoms. The third-order valence-corrected chi connectivity index (χ3v) is 4.30. The number of carbonyl (C=O) groups excluding carboxylic acids is 1. The van der Waals surface area contributed by atoms with Crippen LogP contribution in [0.25, 0.3) is 0 Å². The van der Waals surface area contributed by atoms with Crippen molar-refractivity contribution in [2.45, 2.75) is 16.7 Å². The number of rotatable bonds is 5. The van der Waals surface area contributed by atoms with Gasteiger partial charge >= 0.3 is 0 Å². The van der Waals surface area contributed by atoms with Gasteiger partial charge in [0.05, 0.1) is 10.9 Å². The van der Waals surface area contributed by atoms with Gasteiger partial charge in [-0.05, 0) is 21.5 Å². The molecule has 3 rings (SSSR count). The molecule has 3 aromatic rings. The van der Waals surface area contributed by atoms with Crippen LogP contribution < -0.4 is 0 Å². The van der Waals surface area contributed by atoms with Crippen LogP contribution in [0.15, 0.2) is 60.0 Å². The maximum Gasteiger partial charge on any atom is 0.284 e. The summed E-state index contributed by atoms with van der Waals surface area (Å²) < 4.78 is 11.6. The van der Waals surface area contributed by atoms with Gasteiger partial charge in [0.1, 0.15) is 0 Å². The maximum atomic E-state index is 10.7. The van der Waals surface area contributed by atoms with E-state index in [9.17, 15) is 4.79 Å². The van der Waals surface area contributed by atoms with Gasteiger partial charge in [-0.3, -0.25) is 4.79 Å². The molecule has 106 valence electrons. The van der Waals surface area contributed by atoms with E-state index in [0.29, 0.717) is 33.4 Å². The first-order valence-corrected chi connectivity index (χ1v) is 7.64. The van der Waals surface area contributed by atoms with Crippen LogP contribution in [0.2, 0.25) is 0 Å². The molecule has 7 heteroatoms. The fourth-order valence-electron chi connectivity index (χ4n) is 1.70. The van der Waals surface area contributed by atoms with Crippen LogP contribution in [-0.4, -0.2) is 16.5 Å². The topological polar surface area (TPSA) is 69.1 Å². The Bertz CT molecular complexity index is 755. The minimum absolute atomic E-state index is 0.244. The van der Waals surface area contributed by atoms with Crippen molar-refractivity contribution in [2.75, 3.05) is 0 Å². The smallest absolute Gasteiger partial charge is 0.284 e. The molecule has 0 unspecified atom stereocenters. The molecule has 0 radical (unpaired) electrons. The van der Waals surface area contributed by atoms with Crippen molar-refractivity contribution in [1.82, 2.24) is 10.2 Å². The van der Waals surface area contributed by atoms with Crippen molar-refractivity contribution in [3.05, 3.63) is 58.1 Å². The molecule has 0 spiro atoms. The minimum atomic E-state index is 0.244. The molecule has 0 aliphatic carbocycles. The van der Waals surface area contributed by atoms with Crippen LogP contribution in [0.4, 0.5) is 0 Å². The van der Waals surface area contributed by atoms with E-state index in [1.165, 1.54) is 11.8 Å². The van der Waals surface area contributed by atoms with E-state index in [1.807, 2.05) is 30.3 Å². The van der Waals surface area contributed by atoms with Crippen LogP contribution in [0.3, 0.4) is 0 Å². The first-order chi connectivity index (χ1) is 10.2. The quantitative estimate of drug-likeness (QED) is 0.637. The van der Waals surface area contributed by atoms with Crippen LogP contribution in [0, 0.1) is 0 Å². The Labute approximate surface area is 132 Å². The highest BCUT2D eigenvalue weighted by Gasteiger charge is 2.15. The average molecular weight is 365 g/mol. The van der Waals surface area contributed by atoms with Crippen LogP contribution in [0.5, 0.6) is 0 Å². The van der Waals surface area contributed by atoms with Crippen molar-refractivity contribution < 1.29 is 13.6 Å². The molecule has 5 nitrogen and oxygen atoms in total. The molecule has 0 atom stereocenters. The Balaban J connectivity index is 1.73. The maximum absolute atomic E-state index is 10.7. The van der Waals surface area contributed by atoms with Gasteiger partial charge in [0.25, 0.3) is 5.22 Å². The second kappa shape index (κ2) is 6.28. The first-order valence-electron chi connectivity index (χ1n) is 6.03. The van der Waals surface area contributed by atoms with Crippen LogP contribution >= 0.6 is 27.7 Å². The van der Waals surface area contributed by atoms with Gasteiger partial charge < -0.3 is 8.83 Å². The van der Waals surface area contributed by atoms with E-state index in [4.69, 9.17) is 8.83 Å². The van der Waals surface area contributed by atoms with Crippen LogP contribution in [0.1, 0.15) is 22.0 Å². The first kappa shape index (κ1) is 14.1. The monoisotopic (exact) mass is 364 g/mol. The molecule has 0 fully saturated rings. The van der Waals surface area contributed by atoms with Gasteiger partial charge in [0.15, 0.2) is 17.1 Å². The SMILES string of the molecule is O=Cc1cc(Br)c(Sc2nnc(Cc3ccccc3)o2)o1. The van der Waals surface area contributed by atoms with E-state index in [-0.39, 0.29) is 5.76 Å². The number of hydrogen-bond acceptors (Lipinski definition) is 6. The number of nitrogens with zero attached hydrogens (tertiary/aromatic N) is 2. The van der Waals surface area contributed by atoms with Crippen LogP contribution in [-0.2, 0) is 6.42 Å². The summed E-state index contributed by atoms with van der Waals surface area (Å²) >= 11 is 4.48. The summed E-state index contributed by atoms with van der Waals surface area (Å²) in [5, 5.41) is 8.84. The zero-order valence-corrected chi connectivity index (χ0v) is 13.1. The second-order valence-corrected chi connectivity index (χ2v) is 5.91. The Morgan fingerprint density at radius 3 is 2.71 bits per heavy atom. The highest BCUT2D eigenvalue weighted by atomic mass is 79.9. The molecule has 2 heterocycles. The predicted octanol–water partition coefficient (Wildman–Crippen LogP) is 3.98. The molecule has 2 aromatic heterocycles. The lowest BCUT2D eigenvalue weighted by molar-refractivity contribution is 0.109. The molecular formula is C14H9BrN2O3S. The molecule has 0 N–H and O–H groups in total. The molecule has 21 heavy (non-hydrogen) atoms. The number of halogens is 1. The van der Waals surface area contributed by atoms with Gasteiger partial charge in [0.2, 0.25) is 5.89 Å². The summed E-state index contributed by atoms with van der Waals surface area (Å²) in [6.45, 7) is 0. The summed E-state index contributed by atoms with van der Waals surface area (Å²) in [7, 11) is 0. The number of carbonyl (C=O) groups is 1. The number of hydrogen-bond donors (Lipinski definition) is 0. The molecular weight excluding hydrogens is 356 g/mol. The van der Waals surface area contributed by atoms with Crippen molar-refractivity contribution in [1.29, 1.82) is 0 Å². The minimum Gasteiger partial charge on any atom is -0.445 e. The van der Waals surface area contributed by atoms with Gasteiger partial charge in [-0.2, -0.15) is 0 Å². The normalized spacial score (nSPS) is 10.7. The second-order valence-electron chi connectivity index (χ2n) is 4.13. The summed E-state index contributed by atoms with van der Waals surface area (Å²) in [5.41, 5.74) is 1.10. The van der Waals surface area contributed by atoms with Gasteiger partial charge in [-0.25, -0.2) is 0 Å². The number of aldehydes is 1. The summed E-state index contributed by atoms with van der Waals surface area (Å²) in [5.74, 6) is 0.774. The van der Waals surface area contributed by atoms with Crippen molar-refractivity contribution >= 4 is 34.0 Å². The lowest BCUT2D eigenvalue weighted by Gasteiger charge is -1.95. The molecule has 0 aliphatic heterocycles. The Hall–Kier alpha value is -1.86. The van der Waals surface area contributed by atoms with E-state index in [2.05, 4.69) is 26.1 Å². The largest absolute Gasteiger partial charge is 0.445 e. The molecule has 0 aliphatic rings. The summed E-state index contributed by atoms with van der Waals surface area (Å²) in [6.07, 6.45) is 1.22. The summed E-state index contributed by atoms with van der Waals surface area (Å²) in [4.78, 5) is 10.7. The van der Waals surface area contributed by atoms with E-state index >= 15 is 0 Å². The number of furan rings is 1. The molecule has 0 amide bonds. The Kier molecular flexibility index (Phi) is 4.21. The van der Waals surface area contributed by atoms with Gasteiger partial charge in [0, 0.05) is 17.8 Å². The molecule has 1 aromatic carbocycles. The standard InChI is InChI=1S/C14H9BrN2O3S/c15-11-7-10(8-18)19-13(11)21-14-17-16-12(20-14)6-9-4-2-1-3-5-9/h1-5,7-8H,6H2. The van der Waals surface area contributed by atoms with Crippen molar-refractivity contribution in [3.63, 3.8) is 0 Å². The zero-order chi connectivity index (χ0) is 14.7. The third-order valence-electron chi connectivity index (χ3n) is 2.62. The van der Waals surface area contributed by atoms with Gasteiger partial charge in [-0.1, -0.05) is 30.3 Å². The van der Waals surface area contributed by atoms with E-state index in [0.717, 1.165) is 5.56 Å². The average Bonchev–Trinajstić information content (AvgIpc) is 3.08. The Morgan fingerprint density at radius 2 is 2.00 bits per heavy atom. The van der Waals surface area contributed by atoms with E-state index in [1.54, 1.807) is 6.07 Å². The third kappa shape index (κ3) is 3.43. The lowest BCUT2D eigenvalue weighted by Crippen LogP contribution is -1.87. The van der Waals surface area contributed by atoms with E-state index < -0.39 is 0 Å². The van der Waals surface area contributed by atoms with Crippen molar-refractivity contribution in [3.8, 4) is 0 Å². The number of aromatic nitrogens is 2. The Morgan fingerprint density at radius 1 is 1.19 bits per heavy atom. The predicted molar refractivity (Wildman–Crippen MR) is 79.5 cm³/mol. The zero-order valence-electron chi connectivity index (χ0n) is 10.7. The number of benzene rings is 1. The highest BCUT2D eigenvalue weighted by molar-refractivity contribution is 9.10. The van der Waals surface area contributed by atoms with Crippen molar-refractivity contribution in [2.24, 2.45) is 0 Å². The molecule has 0 saturated carbocycles. The van der Waals surface area contributed by atoms with Gasteiger partial charge in [-0.15, -0.1) is 10.2 Å². The molecule has 0 saturated heterocycles. The highest BCUT2D eigenvalue weighted by Crippen LogP contribution is 2.35.